The van der Waals surface area contributed by atoms with Gasteiger partial charge in [0, 0.05) is 36.4 Å². The number of phenols is 1. The molecule has 1 amide bonds. The van der Waals surface area contributed by atoms with Crippen LogP contribution in [-0.2, 0) is 11.2 Å². The van der Waals surface area contributed by atoms with E-state index in [9.17, 15) is 9.90 Å². The first kappa shape index (κ1) is 17.7. The maximum Gasteiger partial charge on any atom is 0.228 e. The van der Waals surface area contributed by atoms with Crippen molar-refractivity contribution in [3.05, 3.63) is 65.4 Å². The summed E-state index contributed by atoms with van der Waals surface area (Å²) < 4.78 is 0. The van der Waals surface area contributed by atoms with Crippen LogP contribution in [0.2, 0.25) is 0 Å². The van der Waals surface area contributed by atoms with Crippen LogP contribution >= 0.6 is 11.3 Å². The number of carbonyl (C=O) groups excluding carboxylic acids is 1. The normalized spacial score (nSPS) is 15.0. The molecule has 0 radical (unpaired) electrons. The Labute approximate surface area is 162 Å². The van der Waals surface area contributed by atoms with Gasteiger partial charge >= 0.3 is 0 Å². The van der Waals surface area contributed by atoms with Gasteiger partial charge in [-0.1, -0.05) is 12.1 Å². The van der Waals surface area contributed by atoms with Crippen LogP contribution in [0.25, 0.3) is 10.6 Å². The van der Waals surface area contributed by atoms with Crippen molar-refractivity contribution in [1.29, 1.82) is 0 Å². The molecule has 1 aliphatic rings. The third kappa shape index (κ3) is 4.17. The van der Waals surface area contributed by atoms with Gasteiger partial charge in [0.25, 0.3) is 0 Å². The number of aromatic hydroxyl groups is 1. The van der Waals surface area contributed by atoms with Gasteiger partial charge in [0.15, 0.2) is 0 Å². The van der Waals surface area contributed by atoms with Crippen LogP contribution < -0.4 is 0 Å². The van der Waals surface area contributed by atoms with Crippen LogP contribution in [0.15, 0.2) is 54.2 Å². The predicted octanol–water partition coefficient (Wildman–Crippen LogP) is 3.86. The maximum atomic E-state index is 12.6. The molecule has 27 heavy (non-hydrogen) atoms. The van der Waals surface area contributed by atoms with Gasteiger partial charge in [-0.3, -0.25) is 9.78 Å². The van der Waals surface area contributed by atoms with Crippen molar-refractivity contribution in [2.24, 2.45) is 0 Å². The Morgan fingerprint density at radius 2 is 1.96 bits per heavy atom. The molecule has 138 valence electrons. The maximum absolute atomic E-state index is 12.6. The second kappa shape index (κ2) is 7.88. The number of nitrogens with zero attached hydrogens (tertiary/aromatic N) is 3. The second-order valence-corrected chi connectivity index (χ2v) is 7.67. The number of phenolic OH excluding ortho intramolecular Hbond substituents is 1. The summed E-state index contributed by atoms with van der Waals surface area (Å²) in [4.78, 5) is 23.3. The molecule has 1 aliphatic heterocycles. The summed E-state index contributed by atoms with van der Waals surface area (Å²) in [7, 11) is 0. The molecular weight excluding hydrogens is 358 g/mol. The standard InChI is InChI=1S/C21H21N3O2S/c25-19-5-3-15(4-6-19)16-7-10-24(11-8-16)20(26)12-18-14-27-21(23-18)17-2-1-9-22-13-17/h1-6,9,13-14,16,25H,7-8,10-12H2. The summed E-state index contributed by atoms with van der Waals surface area (Å²) in [6.45, 7) is 1.54. The molecule has 1 N–H and O–H groups in total. The number of carbonyl (C=O) groups is 1. The zero-order valence-corrected chi connectivity index (χ0v) is 15.7. The number of rotatable bonds is 4. The average molecular weight is 379 g/mol. The van der Waals surface area contributed by atoms with Crippen LogP contribution in [0.4, 0.5) is 0 Å². The molecule has 1 aromatic carbocycles. The molecule has 1 saturated heterocycles. The van der Waals surface area contributed by atoms with Gasteiger partial charge in [0.1, 0.15) is 10.8 Å². The van der Waals surface area contributed by atoms with Crippen molar-refractivity contribution in [2.45, 2.75) is 25.2 Å². The van der Waals surface area contributed by atoms with Crippen LogP contribution in [0, 0.1) is 0 Å². The lowest BCUT2D eigenvalue weighted by Gasteiger charge is -2.32. The highest BCUT2D eigenvalue weighted by atomic mass is 32.1. The number of benzene rings is 1. The fraction of sp³-hybridized carbons (Fsp3) is 0.286. The Morgan fingerprint density at radius 3 is 2.67 bits per heavy atom. The summed E-state index contributed by atoms with van der Waals surface area (Å²) in [6.07, 6.45) is 5.78. The van der Waals surface area contributed by atoms with E-state index < -0.39 is 0 Å². The SMILES string of the molecule is O=C(Cc1csc(-c2cccnc2)n1)N1CCC(c2ccc(O)cc2)CC1. The summed E-state index contributed by atoms with van der Waals surface area (Å²) in [5.41, 5.74) is 3.04. The molecule has 4 rings (SSSR count). The summed E-state index contributed by atoms with van der Waals surface area (Å²) in [5, 5.41) is 12.3. The van der Waals surface area contributed by atoms with Crippen molar-refractivity contribution in [1.82, 2.24) is 14.9 Å². The van der Waals surface area contributed by atoms with Crippen LogP contribution in [0.1, 0.15) is 30.0 Å². The minimum absolute atomic E-state index is 0.141. The molecule has 0 aliphatic carbocycles. The molecule has 0 unspecified atom stereocenters. The van der Waals surface area contributed by atoms with Gasteiger partial charge in [-0.05, 0) is 48.6 Å². The van der Waals surface area contributed by atoms with Crippen molar-refractivity contribution < 1.29 is 9.90 Å². The Kier molecular flexibility index (Phi) is 5.16. The van der Waals surface area contributed by atoms with Gasteiger partial charge < -0.3 is 10.0 Å². The lowest BCUT2D eigenvalue weighted by atomic mass is 9.89. The lowest BCUT2D eigenvalue weighted by molar-refractivity contribution is -0.131. The van der Waals surface area contributed by atoms with Crippen LogP contribution in [-0.4, -0.2) is 39.0 Å². The van der Waals surface area contributed by atoms with Gasteiger partial charge in [0.05, 0.1) is 12.1 Å². The van der Waals surface area contributed by atoms with Crippen molar-refractivity contribution in [3.63, 3.8) is 0 Å². The number of likely N-dealkylation sites (tertiary alicyclic amines) is 1. The Morgan fingerprint density at radius 1 is 1.19 bits per heavy atom. The van der Waals surface area contributed by atoms with E-state index in [1.165, 1.54) is 5.56 Å². The molecule has 3 heterocycles. The van der Waals surface area contributed by atoms with E-state index in [0.717, 1.165) is 42.2 Å². The number of aromatic nitrogens is 2. The number of hydrogen-bond acceptors (Lipinski definition) is 5. The zero-order chi connectivity index (χ0) is 18.6. The highest BCUT2D eigenvalue weighted by molar-refractivity contribution is 7.13. The fourth-order valence-electron chi connectivity index (χ4n) is 3.49. The van der Waals surface area contributed by atoms with Crippen molar-refractivity contribution in [2.75, 3.05) is 13.1 Å². The second-order valence-electron chi connectivity index (χ2n) is 6.81. The van der Waals surface area contributed by atoms with E-state index in [2.05, 4.69) is 9.97 Å². The average Bonchev–Trinajstić information content (AvgIpc) is 3.18. The van der Waals surface area contributed by atoms with Crippen LogP contribution in [0.3, 0.4) is 0 Å². The van der Waals surface area contributed by atoms with Gasteiger partial charge in [-0.15, -0.1) is 11.3 Å². The number of piperidine rings is 1. The molecule has 6 heteroatoms. The molecule has 5 nitrogen and oxygen atoms in total. The third-order valence-corrected chi connectivity index (χ3v) is 5.94. The van der Waals surface area contributed by atoms with E-state index >= 15 is 0 Å². The molecule has 0 atom stereocenters. The minimum atomic E-state index is 0.141. The molecule has 1 fully saturated rings. The summed E-state index contributed by atoms with van der Waals surface area (Å²) in [5.74, 6) is 0.883. The Bertz CT molecular complexity index is 901. The molecule has 0 bridgehead atoms. The monoisotopic (exact) mass is 379 g/mol. The summed E-state index contributed by atoms with van der Waals surface area (Å²) in [6, 6.07) is 11.3. The highest BCUT2D eigenvalue weighted by Crippen LogP contribution is 2.29. The number of hydrogen-bond donors (Lipinski definition) is 1. The van der Waals surface area contributed by atoms with E-state index in [4.69, 9.17) is 0 Å². The predicted molar refractivity (Wildman–Crippen MR) is 106 cm³/mol. The fourth-order valence-corrected chi connectivity index (χ4v) is 4.30. The van der Waals surface area contributed by atoms with E-state index in [1.807, 2.05) is 34.5 Å². The largest absolute Gasteiger partial charge is 0.508 e. The Balaban J connectivity index is 1.33. The number of amides is 1. The van der Waals surface area contributed by atoms with Gasteiger partial charge in [-0.25, -0.2) is 4.98 Å². The van der Waals surface area contributed by atoms with Crippen molar-refractivity contribution in [3.8, 4) is 16.3 Å². The molecule has 2 aromatic heterocycles. The van der Waals surface area contributed by atoms with E-state index in [1.54, 1.807) is 35.9 Å². The quantitative estimate of drug-likeness (QED) is 0.747. The molecule has 3 aromatic rings. The van der Waals surface area contributed by atoms with Gasteiger partial charge in [0.2, 0.25) is 5.91 Å². The van der Waals surface area contributed by atoms with E-state index in [0.29, 0.717) is 18.1 Å². The third-order valence-electron chi connectivity index (χ3n) is 5.00. The first-order valence-corrected chi connectivity index (χ1v) is 9.98. The summed E-state index contributed by atoms with van der Waals surface area (Å²) >= 11 is 1.55. The Hall–Kier alpha value is -2.73. The minimum Gasteiger partial charge on any atom is -0.508 e. The first-order valence-electron chi connectivity index (χ1n) is 9.10. The molecule has 0 spiro atoms. The van der Waals surface area contributed by atoms with Crippen LogP contribution in [0.5, 0.6) is 5.75 Å². The van der Waals surface area contributed by atoms with Crippen molar-refractivity contribution >= 4 is 17.2 Å². The number of thiazole rings is 1. The first-order chi connectivity index (χ1) is 13.2. The topological polar surface area (TPSA) is 66.3 Å². The smallest absolute Gasteiger partial charge is 0.228 e. The molecule has 0 saturated carbocycles. The van der Waals surface area contributed by atoms with E-state index in [-0.39, 0.29) is 5.91 Å². The molecular formula is C21H21N3O2S. The van der Waals surface area contributed by atoms with Gasteiger partial charge in [-0.2, -0.15) is 0 Å². The highest BCUT2D eigenvalue weighted by Gasteiger charge is 2.24. The number of pyridine rings is 1. The zero-order valence-electron chi connectivity index (χ0n) is 14.9. The lowest BCUT2D eigenvalue weighted by Crippen LogP contribution is -2.38.